The maximum atomic E-state index is 11.8. The Morgan fingerprint density at radius 3 is 2.82 bits per heavy atom. The van der Waals surface area contributed by atoms with Crippen molar-refractivity contribution in [2.24, 2.45) is 11.7 Å². The lowest BCUT2D eigenvalue weighted by molar-refractivity contribution is -0.131. The van der Waals surface area contributed by atoms with Crippen LogP contribution in [0.25, 0.3) is 0 Å². The number of amides is 1. The van der Waals surface area contributed by atoms with E-state index in [0.717, 1.165) is 11.4 Å². The lowest BCUT2D eigenvalue weighted by Gasteiger charge is -2.18. The zero-order valence-electron chi connectivity index (χ0n) is 10.8. The second-order valence-electron chi connectivity index (χ2n) is 4.57. The average Bonchev–Trinajstić information content (AvgIpc) is 2.28. The van der Waals surface area contributed by atoms with Crippen molar-refractivity contribution in [3.63, 3.8) is 0 Å². The Hall–Kier alpha value is -1.42. The second kappa shape index (κ2) is 6.35. The smallest absolute Gasteiger partial charge is 0.222 e. The molecule has 0 bridgehead atoms. The van der Waals surface area contributed by atoms with Crippen molar-refractivity contribution in [1.82, 2.24) is 9.88 Å². The molecule has 4 heteroatoms. The van der Waals surface area contributed by atoms with E-state index in [1.807, 2.05) is 32.0 Å². The molecular weight excluding hydrogens is 214 g/mol. The molecule has 1 heterocycles. The third-order valence-corrected chi connectivity index (χ3v) is 2.70. The van der Waals surface area contributed by atoms with Gasteiger partial charge in [0.15, 0.2) is 0 Å². The molecule has 0 saturated heterocycles. The number of aromatic nitrogens is 1. The SMILES string of the molecule is Cc1cccc(CN(C)C(=O)CC(C)CN)n1. The molecule has 2 N–H and O–H groups in total. The summed E-state index contributed by atoms with van der Waals surface area (Å²) in [5.41, 5.74) is 7.40. The summed E-state index contributed by atoms with van der Waals surface area (Å²) < 4.78 is 0. The summed E-state index contributed by atoms with van der Waals surface area (Å²) in [6.45, 7) is 5.03. The standard InChI is InChI=1S/C13H21N3O/c1-10(8-14)7-13(17)16(3)9-12-6-4-5-11(2)15-12/h4-6,10H,7-9,14H2,1-3H3. The summed E-state index contributed by atoms with van der Waals surface area (Å²) in [5.74, 6) is 0.349. The van der Waals surface area contributed by atoms with Crippen molar-refractivity contribution < 1.29 is 4.79 Å². The Morgan fingerprint density at radius 2 is 2.24 bits per heavy atom. The molecule has 0 fully saturated rings. The summed E-state index contributed by atoms with van der Waals surface area (Å²) >= 11 is 0. The van der Waals surface area contributed by atoms with Gasteiger partial charge in [0.05, 0.1) is 12.2 Å². The van der Waals surface area contributed by atoms with Gasteiger partial charge in [-0.3, -0.25) is 9.78 Å². The first kappa shape index (κ1) is 13.6. The molecule has 1 rings (SSSR count). The lowest BCUT2D eigenvalue weighted by atomic mass is 10.1. The number of pyridine rings is 1. The van der Waals surface area contributed by atoms with Gasteiger partial charge in [0.2, 0.25) is 5.91 Å². The highest BCUT2D eigenvalue weighted by atomic mass is 16.2. The van der Waals surface area contributed by atoms with Gasteiger partial charge in [0.25, 0.3) is 0 Å². The predicted molar refractivity (Wildman–Crippen MR) is 68.3 cm³/mol. The number of carbonyl (C=O) groups excluding carboxylic acids is 1. The van der Waals surface area contributed by atoms with Crippen molar-refractivity contribution in [3.05, 3.63) is 29.6 Å². The highest BCUT2D eigenvalue weighted by Crippen LogP contribution is 2.06. The van der Waals surface area contributed by atoms with Crippen molar-refractivity contribution in [2.45, 2.75) is 26.8 Å². The molecular formula is C13H21N3O. The molecule has 17 heavy (non-hydrogen) atoms. The normalized spacial score (nSPS) is 12.2. The number of hydrogen-bond acceptors (Lipinski definition) is 3. The molecule has 0 radical (unpaired) electrons. The van der Waals surface area contributed by atoms with Crippen LogP contribution < -0.4 is 5.73 Å². The van der Waals surface area contributed by atoms with Gasteiger partial charge in [0, 0.05) is 19.2 Å². The summed E-state index contributed by atoms with van der Waals surface area (Å²) in [6, 6.07) is 5.84. The van der Waals surface area contributed by atoms with Gasteiger partial charge in [-0.1, -0.05) is 13.0 Å². The Morgan fingerprint density at radius 1 is 1.53 bits per heavy atom. The third kappa shape index (κ3) is 4.53. The minimum atomic E-state index is 0.117. The largest absolute Gasteiger partial charge is 0.340 e. The number of nitrogens with two attached hydrogens (primary N) is 1. The van der Waals surface area contributed by atoms with Gasteiger partial charge in [-0.15, -0.1) is 0 Å². The Balaban J connectivity index is 2.54. The van der Waals surface area contributed by atoms with E-state index in [-0.39, 0.29) is 11.8 Å². The summed E-state index contributed by atoms with van der Waals surface area (Å²) in [7, 11) is 1.80. The van der Waals surface area contributed by atoms with Crippen LogP contribution in [0.15, 0.2) is 18.2 Å². The fraction of sp³-hybridized carbons (Fsp3) is 0.538. The molecule has 0 aromatic carbocycles. The Labute approximate surface area is 103 Å². The van der Waals surface area contributed by atoms with Crippen LogP contribution in [0.4, 0.5) is 0 Å². The van der Waals surface area contributed by atoms with E-state index in [1.54, 1.807) is 11.9 Å². The van der Waals surface area contributed by atoms with Gasteiger partial charge in [0.1, 0.15) is 0 Å². The topological polar surface area (TPSA) is 59.2 Å². The molecule has 4 nitrogen and oxygen atoms in total. The van der Waals surface area contributed by atoms with Crippen molar-refractivity contribution >= 4 is 5.91 Å². The van der Waals surface area contributed by atoms with Crippen molar-refractivity contribution in [2.75, 3.05) is 13.6 Å². The number of hydrogen-bond donors (Lipinski definition) is 1. The molecule has 1 amide bonds. The highest BCUT2D eigenvalue weighted by molar-refractivity contribution is 5.76. The zero-order valence-corrected chi connectivity index (χ0v) is 10.8. The molecule has 0 spiro atoms. The van der Waals surface area contributed by atoms with E-state index < -0.39 is 0 Å². The summed E-state index contributed by atoms with van der Waals surface area (Å²) in [6.07, 6.45) is 0.499. The first-order valence-electron chi connectivity index (χ1n) is 5.89. The van der Waals surface area contributed by atoms with Crippen LogP contribution in [-0.4, -0.2) is 29.4 Å². The van der Waals surface area contributed by atoms with E-state index in [9.17, 15) is 4.79 Å². The quantitative estimate of drug-likeness (QED) is 0.837. The van der Waals surface area contributed by atoms with E-state index in [2.05, 4.69) is 4.98 Å². The first-order chi connectivity index (χ1) is 8.02. The van der Waals surface area contributed by atoms with E-state index in [1.165, 1.54) is 0 Å². The average molecular weight is 235 g/mol. The molecule has 1 unspecified atom stereocenters. The number of aryl methyl sites for hydroxylation is 1. The van der Waals surface area contributed by atoms with Gasteiger partial charge < -0.3 is 10.6 Å². The maximum Gasteiger partial charge on any atom is 0.222 e. The van der Waals surface area contributed by atoms with Gasteiger partial charge in [-0.05, 0) is 31.5 Å². The molecule has 1 aromatic rings. The summed E-state index contributed by atoms with van der Waals surface area (Å²) in [5, 5.41) is 0. The summed E-state index contributed by atoms with van der Waals surface area (Å²) in [4.78, 5) is 17.9. The van der Waals surface area contributed by atoms with E-state index in [4.69, 9.17) is 5.73 Å². The minimum Gasteiger partial charge on any atom is -0.340 e. The highest BCUT2D eigenvalue weighted by Gasteiger charge is 2.13. The van der Waals surface area contributed by atoms with E-state index in [0.29, 0.717) is 19.5 Å². The fourth-order valence-corrected chi connectivity index (χ4v) is 1.56. The molecule has 94 valence electrons. The number of carbonyl (C=O) groups is 1. The van der Waals surface area contributed by atoms with Crippen LogP contribution in [0, 0.1) is 12.8 Å². The fourth-order valence-electron chi connectivity index (χ4n) is 1.56. The van der Waals surface area contributed by atoms with Crippen LogP contribution in [0.1, 0.15) is 24.7 Å². The van der Waals surface area contributed by atoms with Crippen LogP contribution in [0.2, 0.25) is 0 Å². The Bertz CT molecular complexity index is 379. The number of rotatable bonds is 5. The zero-order chi connectivity index (χ0) is 12.8. The van der Waals surface area contributed by atoms with Crippen LogP contribution >= 0.6 is 0 Å². The number of nitrogens with zero attached hydrogens (tertiary/aromatic N) is 2. The van der Waals surface area contributed by atoms with Gasteiger partial charge >= 0.3 is 0 Å². The second-order valence-corrected chi connectivity index (χ2v) is 4.57. The van der Waals surface area contributed by atoms with Crippen molar-refractivity contribution in [3.8, 4) is 0 Å². The molecule has 0 aliphatic rings. The predicted octanol–water partition coefficient (Wildman–Crippen LogP) is 1.33. The molecule has 0 aliphatic carbocycles. The molecule has 1 aromatic heterocycles. The Kier molecular flexibility index (Phi) is 5.10. The van der Waals surface area contributed by atoms with E-state index >= 15 is 0 Å². The molecule has 0 saturated carbocycles. The van der Waals surface area contributed by atoms with Gasteiger partial charge in [-0.25, -0.2) is 0 Å². The van der Waals surface area contributed by atoms with Crippen molar-refractivity contribution in [1.29, 1.82) is 0 Å². The minimum absolute atomic E-state index is 0.117. The van der Waals surface area contributed by atoms with Gasteiger partial charge in [-0.2, -0.15) is 0 Å². The first-order valence-corrected chi connectivity index (χ1v) is 5.89. The molecule has 1 atom stereocenters. The van der Waals surface area contributed by atoms with Crippen LogP contribution in [-0.2, 0) is 11.3 Å². The molecule has 0 aliphatic heterocycles. The van der Waals surface area contributed by atoms with Crippen LogP contribution in [0.3, 0.4) is 0 Å². The monoisotopic (exact) mass is 235 g/mol. The lowest BCUT2D eigenvalue weighted by Crippen LogP contribution is -2.29. The van der Waals surface area contributed by atoms with Crippen LogP contribution in [0.5, 0.6) is 0 Å². The third-order valence-electron chi connectivity index (χ3n) is 2.70. The maximum absolute atomic E-state index is 11.8.